The molecule has 116 valence electrons. The first kappa shape index (κ1) is 15.3. The number of likely N-dealkylation sites (tertiary alicyclic amines) is 1. The van der Waals surface area contributed by atoms with Crippen LogP contribution in [0, 0.1) is 5.92 Å². The molecule has 1 saturated heterocycles. The zero-order valence-electron chi connectivity index (χ0n) is 12.7. The molecule has 0 aliphatic carbocycles. The van der Waals surface area contributed by atoms with Gasteiger partial charge < -0.3 is 4.90 Å². The summed E-state index contributed by atoms with van der Waals surface area (Å²) in [6.45, 7) is 4.72. The molecule has 1 fully saturated rings. The zero-order chi connectivity index (χ0) is 15.5. The predicted octanol–water partition coefficient (Wildman–Crippen LogP) is 3.57. The third-order valence-electron chi connectivity index (χ3n) is 4.22. The Kier molecular flexibility index (Phi) is 4.62. The topological polar surface area (TPSA) is 38.1 Å². The Bertz CT molecular complexity index is 642. The Morgan fingerprint density at radius 1 is 1.27 bits per heavy atom. The van der Waals surface area contributed by atoms with Crippen molar-refractivity contribution in [3.05, 3.63) is 52.3 Å². The van der Waals surface area contributed by atoms with Crippen LogP contribution in [-0.2, 0) is 6.54 Å². The highest BCUT2D eigenvalue weighted by Crippen LogP contribution is 2.18. The second-order valence-corrected chi connectivity index (χ2v) is 6.94. The first-order valence-corrected chi connectivity index (χ1v) is 8.47. The van der Waals surface area contributed by atoms with Gasteiger partial charge in [0.25, 0.3) is 5.91 Å². The molecule has 0 atom stereocenters. The summed E-state index contributed by atoms with van der Waals surface area (Å²) in [5, 5.41) is 4.24. The number of amides is 1. The lowest BCUT2D eigenvalue weighted by Gasteiger charge is -2.30. The first-order chi connectivity index (χ1) is 10.6. The molecule has 1 amide bonds. The molecule has 0 unspecified atom stereocenters. The number of piperidine rings is 1. The molecular weight excluding hydrogens is 342 g/mol. The van der Waals surface area contributed by atoms with Crippen LogP contribution in [0.5, 0.6) is 0 Å². The summed E-state index contributed by atoms with van der Waals surface area (Å²) in [7, 11) is 0. The van der Waals surface area contributed by atoms with E-state index in [1.54, 1.807) is 6.20 Å². The van der Waals surface area contributed by atoms with Gasteiger partial charge in [-0.3, -0.25) is 9.48 Å². The summed E-state index contributed by atoms with van der Waals surface area (Å²) < 4.78 is 2.84. The van der Waals surface area contributed by atoms with Crippen LogP contribution in [0.4, 0.5) is 0 Å². The fourth-order valence-electron chi connectivity index (χ4n) is 2.76. The molecule has 0 N–H and O–H groups in total. The monoisotopic (exact) mass is 361 g/mol. The van der Waals surface area contributed by atoms with E-state index in [4.69, 9.17) is 0 Å². The van der Waals surface area contributed by atoms with Gasteiger partial charge in [-0.05, 0) is 52.4 Å². The Morgan fingerprint density at radius 3 is 2.55 bits per heavy atom. The maximum atomic E-state index is 12.5. The van der Waals surface area contributed by atoms with E-state index < -0.39 is 0 Å². The molecule has 1 aromatic heterocycles. The minimum atomic E-state index is 0.153. The number of aromatic nitrogens is 2. The largest absolute Gasteiger partial charge is 0.339 e. The van der Waals surface area contributed by atoms with Crippen molar-refractivity contribution in [3.63, 3.8) is 0 Å². The molecule has 0 saturated carbocycles. The van der Waals surface area contributed by atoms with Crippen LogP contribution in [0.2, 0.25) is 0 Å². The Balaban J connectivity index is 1.64. The van der Waals surface area contributed by atoms with Gasteiger partial charge in [-0.2, -0.15) is 5.10 Å². The van der Waals surface area contributed by atoms with Gasteiger partial charge >= 0.3 is 0 Å². The van der Waals surface area contributed by atoms with E-state index in [-0.39, 0.29) is 5.91 Å². The van der Waals surface area contributed by atoms with E-state index in [1.807, 2.05) is 40.0 Å². The van der Waals surface area contributed by atoms with Crippen molar-refractivity contribution in [1.29, 1.82) is 0 Å². The van der Waals surface area contributed by atoms with Gasteiger partial charge in [0.1, 0.15) is 0 Å². The van der Waals surface area contributed by atoms with Gasteiger partial charge in [0.2, 0.25) is 0 Å². The second-order valence-electron chi connectivity index (χ2n) is 6.03. The number of rotatable bonds is 3. The number of nitrogens with zero attached hydrogens (tertiary/aromatic N) is 3. The SMILES string of the molecule is CC1CCN(C(=O)c2ccc(Cn3cc(Br)cn3)cc2)CC1. The fraction of sp³-hybridized carbons (Fsp3) is 0.412. The van der Waals surface area contributed by atoms with E-state index >= 15 is 0 Å². The number of hydrogen-bond donors (Lipinski definition) is 0. The Labute approximate surface area is 139 Å². The standard InChI is InChI=1S/C17H20BrN3O/c1-13-6-8-20(9-7-13)17(22)15-4-2-14(3-5-15)11-21-12-16(18)10-19-21/h2-5,10,12-13H,6-9,11H2,1H3. The number of halogens is 1. The lowest BCUT2D eigenvalue weighted by atomic mass is 9.98. The van der Waals surface area contributed by atoms with Crippen LogP contribution >= 0.6 is 15.9 Å². The number of benzene rings is 1. The van der Waals surface area contributed by atoms with Gasteiger partial charge in [-0.25, -0.2) is 0 Å². The third-order valence-corrected chi connectivity index (χ3v) is 4.63. The van der Waals surface area contributed by atoms with Crippen molar-refractivity contribution in [3.8, 4) is 0 Å². The van der Waals surface area contributed by atoms with Crippen molar-refractivity contribution in [2.75, 3.05) is 13.1 Å². The lowest BCUT2D eigenvalue weighted by molar-refractivity contribution is 0.0697. The van der Waals surface area contributed by atoms with Crippen molar-refractivity contribution in [2.45, 2.75) is 26.3 Å². The van der Waals surface area contributed by atoms with Gasteiger partial charge in [0.15, 0.2) is 0 Å². The molecule has 2 heterocycles. The smallest absolute Gasteiger partial charge is 0.253 e. The van der Waals surface area contributed by atoms with Crippen LogP contribution in [0.25, 0.3) is 0 Å². The van der Waals surface area contributed by atoms with Crippen LogP contribution < -0.4 is 0 Å². The van der Waals surface area contributed by atoms with Crippen molar-refractivity contribution >= 4 is 21.8 Å². The van der Waals surface area contributed by atoms with E-state index in [0.717, 1.165) is 47.4 Å². The molecule has 1 aromatic carbocycles. The van der Waals surface area contributed by atoms with Crippen LogP contribution in [-0.4, -0.2) is 33.7 Å². The van der Waals surface area contributed by atoms with Crippen molar-refractivity contribution < 1.29 is 4.79 Å². The minimum absolute atomic E-state index is 0.153. The Hall–Kier alpha value is -1.62. The van der Waals surface area contributed by atoms with Crippen LogP contribution in [0.3, 0.4) is 0 Å². The van der Waals surface area contributed by atoms with Crippen LogP contribution in [0.15, 0.2) is 41.1 Å². The highest BCUT2D eigenvalue weighted by molar-refractivity contribution is 9.10. The van der Waals surface area contributed by atoms with Gasteiger partial charge in [0.05, 0.1) is 17.2 Å². The van der Waals surface area contributed by atoms with Crippen molar-refractivity contribution in [1.82, 2.24) is 14.7 Å². The average Bonchev–Trinajstić information content (AvgIpc) is 2.93. The molecule has 2 aromatic rings. The summed E-state index contributed by atoms with van der Waals surface area (Å²) >= 11 is 3.39. The van der Waals surface area contributed by atoms with Crippen molar-refractivity contribution in [2.24, 2.45) is 5.92 Å². The summed E-state index contributed by atoms with van der Waals surface area (Å²) in [6.07, 6.45) is 5.93. The third kappa shape index (κ3) is 3.58. The molecule has 4 nitrogen and oxygen atoms in total. The molecule has 0 bridgehead atoms. The summed E-state index contributed by atoms with van der Waals surface area (Å²) in [6, 6.07) is 7.87. The van der Waals surface area contributed by atoms with E-state index in [9.17, 15) is 4.79 Å². The van der Waals surface area contributed by atoms with Gasteiger partial charge in [0, 0.05) is 24.8 Å². The normalized spacial score (nSPS) is 16.0. The summed E-state index contributed by atoms with van der Waals surface area (Å²) in [5.74, 6) is 0.889. The maximum absolute atomic E-state index is 12.5. The average molecular weight is 362 g/mol. The number of carbonyl (C=O) groups is 1. The molecule has 22 heavy (non-hydrogen) atoms. The number of carbonyl (C=O) groups excluding carboxylic acids is 1. The summed E-state index contributed by atoms with van der Waals surface area (Å²) in [5.41, 5.74) is 1.92. The van der Waals surface area contributed by atoms with E-state index in [2.05, 4.69) is 28.0 Å². The molecule has 1 aliphatic rings. The highest BCUT2D eigenvalue weighted by atomic mass is 79.9. The van der Waals surface area contributed by atoms with Gasteiger partial charge in [-0.1, -0.05) is 19.1 Å². The molecule has 0 spiro atoms. The molecular formula is C17H20BrN3O. The first-order valence-electron chi connectivity index (χ1n) is 7.68. The quantitative estimate of drug-likeness (QED) is 0.837. The molecule has 5 heteroatoms. The van der Waals surface area contributed by atoms with Crippen LogP contribution in [0.1, 0.15) is 35.7 Å². The molecule has 1 aliphatic heterocycles. The highest BCUT2D eigenvalue weighted by Gasteiger charge is 2.21. The molecule has 0 radical (unpaired) electrons. The molecule has 3 rings (SSSR count). The minimum Gasteiger partial charge on any atom is -0.339 e. The number of hydrogen-bond acceptors (Lipinski definition) is 2. The lowest BCUT2D eigenvalue weighted by Crippen LogP contribution is -2.37. The second kappa shape index (κ2) is 6.65. The van der Waals surface area contributed by atoms with Gasteiger partial charge in [-0.15, -0.1) is 0 Å². The predicted molar refractivity (Wildman–Crippen MR) is 89.8 cm³/mol. The maximum Gasteiger partial charge on any atom is 0.253 e. The van der Waals surface area contributed by atoms with E-state index in [1.165, 1.54) is 0 Å². The van der Waals surface area contributed by atoms with E-state index in [0.29, 0.717) is 6.54 Å². The Morgan fingerprint density at radius 2 is 1.95 bits per heavy atom. The fourth-order valence-corrected chi connectivity index (χ4v) is 3.09. The summed E-state index contributed by atoms with van der Waals surface area (Å²) in [4.78, 5) is 14.5. The zero-order valence-corrected chi connectivity index (χ0v) is 14.3.